The van der Waals surface area contributed by atoms with Gasteiger partial charge in [-0.15, -0.1) is 22.9 Å². The molecule has 0 fully saturated rings. The van der Waals surface area contributed by atoms with E-state index in [1.54, 1.807) is 6.92 Å². The molecular weight excluding hydrogens is 234 g/mol. The number of ether oxygens (including phenoxy) is 1. The Bertz CT molecular complexity index is 349. The second-order valence-electron chi connectivity index (χ2n) is 3.62. The fraction of sp³-hybridized carbons (Fsp3) is 0.600. The molecule has 0 aliphatic rings. The van der Waals surface area contributed by atoms with Gasteiger partial charge in [0.1, 0.15) is 10.4 Å². The molecule has 0 amide bonds. The molecular formula is C10H14ClNO2S. The number of aromatic nitrogens is 1. The lowest BCUT2D eigenvalue weighted by molar-refractivity contribution is -0.148. The monoisotopic (exact) mass is 247 g/mol. The van der Waals surface area contributed by atoms with Crippen molar-refractivity contribution < 1.29 is 9.53 Å². The van der Waals surface area contributed by atoms with Crippen LogP contribution < -0.4 is 0 Å². The molecule has 0 unspecified atom stereocenters. The van der Waals surface area contributed by atoms with Gasteiger partial charge in [0.25, 0.3) is 0 Å². The number of halogens is 1. The van der Waals surface area contributed by atoms with E-state index in [1.165, 1.54) is 11.3 Å². The van der Waals surface area contributed by atoms with Crippen molar-refractivity contribution in [3.63, 3.8) is 0 Å². The van der Waals surface area contributed by atoms with Crippen LogP contribution in [0.2, 0.25) is 0 Å². The number of rotatable bonds is 4. The van der Waals surface area contributed by atoms with E-state index < -0.39 is 5.41 Å². The summed E-state index contributed by atoms with van der Waals surface area (Å²) in [6.07, 6.45) is 0. The van der Waals surface area contributed by atoms with Crippen LogP contribution in [0, 0.1) is 0 Å². The van der Waals surface area contributed by atoms with Gasteiger partial charge >= 0.3 is 5.97 Å². The van der Waals surface area contributed by atoms with Crippen molar-refractivity contribution >= 4 is 28.9 Å². The Morgan fingerprint density at radius 3 is 2.80 bits per heavy atom. The van der Waals surface area contributed by atoms with Gasteiger partial charge in [-0.05, 0) is 20.8 Å². The lowest BCUT2D eigenvalue weighted by Gasteiger charge is -2.19. The van der Waals surface area contributed by atoms with Gasteiger partial charge in [-0.2, -0.15) is 0 Å². The number of esters is 1. The molecule has 0 saturated heterocycles. The van der Waals surface area contributed by atoms with Gasteiger partial charge in [-0.1, -0.05) is 0 Å². The third kappa shape index (κ3) is 2.69. The maximum absolute atomic E-state index is 11.7. The van der Waals surface area contributed by atoms with Crippen molar-refractivity contribution in [2.24, 2.45) is 0 Å². The van der Waals surface area contributed by atoms with E-state index in [0.717, 1.165) is 10.7 Å². The van der Waals surface area contributed by atoms with Gasteiger partial charge in [0.15, 0.2) is 0 Å². The van der Waals surface area contributed by atoms with Crippen LogP contribution in [0.25, 0.3) is 0 Å². The standard InChI is InChI=1S/C10H14ClNO2S/c1-4-14-9(13)10(2,3)8-12-7(5-11)6-15-8/h6H,4-5H2,1-3H3. The molecule has 0 spiro atoms. The van der Waals surface area contributed by atoms with Gasteiger partial charge in [-0.25, -0.2) is 4.98 Å². The van der Waals surface area contributed by atoms with E-state index in [1.807, 2.05) is 19.2 Å². The summed E-state index contributed by atoms with van der Waals surface area (Å²) in [4.78, 5) is 16.0. The van der Waals surface area contributed by atoms with Crippen molar-refractivity contribution in [3.05, 3.63) is 16.1 Å². The van der Waals surface area contributed by atoms with Crippen LogP contribution in [0.4, 0.5) is 0 Å². The van der Waals surface area contributed by atoms with Crippen LogP contribution in [-0.4, -0.2) is 17.6 Å². The maximum Gasteiger partial charge on any atom is 0.318 e. The zero-order chi connectivity index (χ0) is 11.5. The molecule has 0 atom stereocenters. The number of hydrogen-bond acceptors (Lipinski definition) is 4. The Balaban J connectivity index is 2.89. The SMILES string of the molecule is CCOC(=O)C(C)(C)c1nc(CCl)cs1. The minimum Gasteiger partial charge on any atom is -0.465 e. The number of thiazole rings is 1. The number of carbonyl (C=O) groups is 1. The van der Waals surface area contributed by atoms with Crippen LogP contribution in [0.3, 0.4) is 0 Å². The summed E-state index contributed by atoms with van der Waals surface area (Å²) < 4.78 is 5.00. The molecule has 1 rings (SSSR count). The minimum atomic E-state index is -0.689. The number of nitrogens with zero attached hydrogens (tertiary/aromatic N) is 1. The first-order valence-corrected chi connectivity index (χ1v) is 6.11. The van der Waals surface area contributed by atoms with Gasteiger partial charge in [-0.3, -0.25) is 4.79 Å². The van der Waals surface area contributed by atoms with E-state index in [9.17, 15) is 4.79 Å². The Labute approximate surface area is 98.4 Å². The predicted octanol–water partition coefficient (Wildman–Crippen LogP) is 2.72. The van der Waals surface area contributed by atoms with Crippen molar-refractivity contribution in [1.29, 1.82) is 0 Å². The van der Waals surface area contributed by atoms with Gasteiger partial charge in [0.2, 0.25) is 0 Å². The first-order valence-electron chi connectivity index (χ1n) is 4.70. The van der Waals surface area contributed by atoms with Crippen molar-refractivity contribution in [2.45, 2.75) is 32.1 Å². The Hall–Kier alpha value is -0.610. The molecule has 0 saturated carbocycles. The smallest absolute Gasteiger partial charge is 0.318 e. The summed E-state index contributed by atoms with van der Waals surface area (Å²) in [7, 11) is 0. The molecule has 15 heavy (non-hydrogen) atoms. The molecule has 5 heteroatoms. The van der Waals surface area contributed by atoms with E-state index in [4.69, 9.17) is 16.3 Å². The second-order valence-corrected chi connectivity index (χ2v) is 4.75. The zero-order valence-electron chi connectivity index (χ0n) is 9.04. The molecule has 0 aliphatic carbocycles. The highest BCUT2D eigenvalue weighted by molar-refractivity contribution is 7.10. The summed E-state index contributed by atoms with van der Waals surface area (Å²) in [5, 5.41) is 2.61. The molecule has 3 nitrogen and oxygen atoms in total. The van der Waals surface area contributed by atoms with Crippen LogP contribution in [-0.2, 0) is 20.8 Å². The largest absolute Gasteiger partial charge is 0.465 e. The molecule has 1 aromatic rings. The number of alkyl halides is 1. The van der Waals surface area contributed by atoms with E-state index in [-0.39, 0.29) is 5.97 Å². The number of hydrogen-bond donors (Lipinski definition) is 0. The number of carbonyl (C=O) groups excluding carboxylic acids is 1. The minimum absolute atomic E-state index is 0.250. The topological polar surface area (TPSA) is 39.2 Å². The molecule has 1 heterocycles. The first kappa shape index (κ1) is 12.5. The van der Waals surface area contributed by atoms with Gasteiger partial charge < -0.3 is 4.74 Å². The Kier molecular flexibility index (Phi) is 4.11. The van der Waals surface area contributed by atoms with Crippen LogP contribution in [0.1, 0.15) is 31.5 Å². The Morgan fingerprint density at radius 1 is 1.67 bits per heavy atom. The third-order valence-electron chi connectivity index (χ3n) is 2.01. The second kappa shape index (κ2) is 4.94. The first-order chi connectivity index (χ1) is 7.02. The average Bonchev–Trinajstić information content (AvgIpc) is 2.66. The third-order valence-corrected chi connectivity index (χ3v) is 3.50. The molecule has 0 N–H and O–H groups in total. The summed E-state index contributed by atoms with van der Waals surface area (Å²) in [6, 6.07) is 0. The summed E-state index contributed by atoms with van der Waals surface area (Å²) in [6.45, 7) is 5.79. The molecule has 0 bridgehead atoms. The normalized spacial score (nSPS) is 11.5. The fourth-order valence-electron chi connectivity index (χ4n) is 1.05. The fourth-order valence-corrected chi connectivity index (χ4v) is 2.21. The van der Waals surface area contributed by atoms with Crippen molar-refractivity contribution in [2.75, 3.05) is 6.61 Å². The predicted molar refractivity (Wildman–Crippen MR) is 61.3 cm³/mol. The molecule has 0 radical (unpaired) electrons. The van der Waals surface area contributed by atoms with Crippen LogP contribution in [0.15, 0.2) is 5.38 Å². The average molecular weight is 248 g/mol. The summed E-state index contributed by atoms with van der Waals surface area (Å²) in [5.74, 6) is 0.121. The van der Waals surface area contributed by atoms with Crippen molar-refractivity contribution in [1.82, 2.24) is 4.98 Å². The molecule has 0 aromatic carbocycles. The lowest BCUT2D eigenvalue weighted by Crippen LogP contribution is -2.31. The molecule has 0 aliphatic heterocycles. The van der Waals surface area contributed by atoms with Gasteiger partial charge in [0, 0.05) is 5.38 Å². The van der Waals surface area contributed by atoms with E-state index in [0.29, 0.717) is 12.5 Å². The molecule has 1 aromatic heterocycles. The Morgan fingerprint density at radius 2 is 2.33 bits per heavy atom. The van der Waals surface area contributed by atoms with Crippen LogP contribution >= 0.6 is 22.9 Å². The highest BCUT2D eigenvalue weighted by Gasteiger charge is 2.34. The summed E-state index contributed by atoms with van der Waals surface area (Å²) in [5.41, 5.74) is 0.111. The quantitative estimate of drug-likeness (QED) is 0.607. The van der Waals surface area contributed by atoms with Crippen molar-refractivity contribution in [3.8, 4) is 0 Å². The van der Waals surface area contributed by atoms with E-state index in [2.05, 4.69) is 4.98 Å². The van der Waals surface area contributed by atoms with E-state index >= 15 is 0 Å². The zero-order valence-corrected chi connectivity index (χ0v) is 10.6. The van der Waals surface area contributed by atoms with Gasteiger partial charge in [0.05, 0.1) is 18.2 Å². The highest BCUT2D eigenvalue weighted by atomic mass is 35.5. The maximum atomic E-state index is 11.7. The highest BCUT2D eigenvalue weighted by Crippen LogP contribution is 2.28. The lowest BCUT2D eigenvalue weighted by atomic mass is 9.95. The van der Waals surface area contributed by atoms with Crippen LogP contribution in [0.5, 0.6) is 0 Å². The molecule has 84 valence electrons. The summed E-state index contributed by atoms with van der Waals surface area (Å²) >= 11 is 7.10.